The molecule has 0 amide bonds. The lowest BCUT2D eigenvalue weighted by Crippen LogP contribution is -2.44. The topological polar surface area (TPSA) is 111 Å². The number of aliphatic carboxylic acids is 1. The van der Waals surface area contributed by atoms with Crippen molar-refractivity contribution in [1.29, 1.82) is 0 Å². The van der Waals surface area contributed by atoms with Crippen LogP contribution in [0.2, 0.25) is 0 Å². The Morgan fingerprint density at radius 1 is 0.534 bits per heavy atom. The summed E-state index contributed by atoms with van der Waals surface area (Å²) >= 11 is 0. The van der Waals surface area contributed by atoms with E-state index in [1.807, 2.05) is 21.1 Å². The number of carboxylic acid groups (broad SMARTS) is 1. The predicted octanol–water partition coefficient (Wildman–Crippen LogP) is 11.1. The van der Waals surface area contributed by atoms with Crippen LogP contribution >= 0.6 is 0 Å². The minimum absolute atomic E-state index is 0.147. The third-order valence-corrected chi connectivity index (χ3v) is 9.84. The van der Waals surface area contributed by atoms with Gasteiger partial charge < -0.3 is 33.3 Å². The van der Waals surface area contributed by atoms with Crippen molar-refractivity contribution in [2.75, 3.05) is 47.5 Å². The van der Waals surface area contributed by atoms with Gasteiger partial charge in [0.25, 0.3) is 0 Å². The summed E-state index contributed by atoms with van der Waals surface area (Å²) in [5, 5.41) is 11.7. The Kier molecular flexibility index (Phi) is 39.1. The van der Waals surface area contributed by atoms with Crippen LogP contribution in [0.5, 0.6) is 0 Å². The summed E-state index contributed by atoms with van der Waals surface area (Å²) < 4.78 is 22.5. The second kappa shape index (κ2) is 41.0. The van der Waals surface area contributed by atoms with Gasteiger partial charge in [-0.25, -0.2) is 0 Å². The van der Waals surface area contributed by atoms with Crippen LogP contribution in [0.3, 0.4) is 0 Å². The maximum atomic E-state index is 12.7. The molecule has 0 N–H and O–H groups in total. The van der Waals surface area contributed by atoms with Crippen LogP contribution in [0.15, 0.2) is 48.6 Å². The fourth-order valence-corrected chi connectivity index (χ4v) is 6.23. The lowest BCUT2D eigenvalue weighted by atomic mass is 10.0. The first-order valence-corrected chi connectivity index (χ1v) is 23.3. The van der Waals surface area contributed by atoms with Gasteiger partial charge >= 0.3 is 11.9 Å². The van der Waals surface area contributed by atoms with E-state index in [-0.39, 0.29) is 32.2 Å². The number of nitrogens with zero attached hydrogens (tertiary/aromatic N) is 1. The number of hydrogen-bond donors (Lipinski definition) is 0. The molecule has 0 spiro atoms. The number of likely N-dealkylation sites (N-methyl/N-ethyl adjacent to an activating group) is 1. The van der Waals surface area contributed by atoms with Crippen LogP contribution in [0, 0.1) is 0 Å². The Labute approximate surface area is 355 Å². The van der Waals surface area contributed by atoms with E-state index in [2.05, 4.69) is 62.5 Å². The zero-order valence-corrected chi connectivity index (χ0v) is 37.9. The van der Waals surface area contributed by atoms with Gasteiger partial charge in [0.15, 0.2) is 12.4 Å². The lowest BCUT2D eigenvalue weighted by Gasteiger charge is -2.26. The molecule has 0 aliphatic rings. The summed E-state index contributed by atoms with van der Waals surface area (Å²) in [7, 11) is 5.90. The quantitative estimate of drug-likeness (QED) is 0.0197. The molecule has 2 atom stereocenters. The molecule has 336 valence electrons. The van der Waals surface area contributed by atoms with Crippen LogP contribution in [0.4, 0.5) is 0 Å². The van der Waals surface area contributed by atoms with Gasteiger partial charge in [-0.2, -0.15) is 0 Å². The third-order valence-electron chi connectivity index (χ3n) is 9.84. The first-order valence-electron chi connectivity index (χ1n) is 23.3. The van der Waals surface area contributed by atoms with Crippen molar-refractivity contribution in [1.82, 2.24) is 0 Å². The van der Waals surface area contributed by atoms with Crippen LogP contribution in [-0.2, 0) is 33.3 Å². The van der Waals surface area contributed by atoms with E-state index in [0.29, 0.717) is 23.9 Å². The van der Waals surface area contributed by atoms with Crippen molar-refractivity contribution in [2.24, 2.45) is 0 Å². The van der Waals surface area contributed by atoms with E-state index >= 15 is 0 Å². The summed E-state index contributed by atoms with van der Waals surface area (Å²) in [4.78, 5) is 36.8. The molecule has 0 heterocycles. The number of rotatable bonds is 42. The Morgan fingerprint density at radius 2 is 0.983 bits per heavy atom. The van der Waals surface area contributed by atoms with Gasteiger partial charge in [-0.05, 0) is 51.4 Å². The zero-order valence-electron chi connectivity index (χ0n) is 37.9. The Bertz CT molecular complexity index is 1090. The first kappa shape index (κ1) is 55.2. The molecule has 9 heteroatoms. The molecule has 2 unspecified atom stereocenters. The van der Waals surface area contributed by atoms with E-state index < -0.39 is 24.3 Å². The fourth-order valence-electron chi connectivity index (χ4n) is 6.23. The van der Waals surface area contributed by atoms with Gasteiger partial charge in [0.2, 0.25) is 0 Å². The number of carbonyl (C=O) groups excluding carboxylic acids is 3. The molecule has 0 saturated heterocycles. The van der Waals surface area contributed by atoms with Crippen LogP contribution < -0.4 is 5.11 Å². The number of ether oxygens (including phenoxy) is 4. The molecule has 0 saturated carbocycles. The minimum atomic E-state index is -1.62. The molecule has 9 nitrogen and oxygen atoms in total. The largest absolute Gasteiger partial charge is 0.545 e. The molecular weight excluding hydrogens is 731 g/mol. The highest BCUT2D eigenvalue weighted by Crippen LogP contribution is 2.15. The van der Waals surface area contributed by atoms with Crippen molar-refractivity contribution in [3.8, 4) is 0 Å². The van der Waals surface area contributed by atoms with Gasteiger partial charge in [0, 0.05) is 12.8 Å². The molecule has 0 aliphatic heterocycles. The third kappa shape index (κ3) is 41.4. The summed E-state index contributed by atoms with van der Waals surface area (Å²) in [5.74, 6) is -2.29. The second-order valence-electron chi connectivity index (χ2n) is 16.7. The number of carbonyl (C=O) groups is 3. The molecule has 0 fully saturated rings. The molecule has 0 rings (SSSR count). The Morgan fingerprint density at radius 3 is 1.47 bits per heavy atom. The average molecular weight is 818 g/mol. The highest BCUT2D eigenvalue weighted by Gasteiger charge is 2.21. The van der Waals surface area contributed by atoms with Gasteiger partial charge in [-0.3, -0.25) is 9.59 Å². The Hall–Kier alpha value is -2.75. The lowest BCUT2D eigenvalue weighted by molar-refractivity contribution is -0.870. The fraction of sp³-hybridized carbons (Fsp3) is 0.776. The minimum Gasteiger partial charge on any atom is -0.545 e. The molecule has 0 aromatic heterocycles. The van der Waals surface area contributed by atoms with Crippen molar-refractivity contribution in [3.05, 3.63) is 48.6 Å². The summed E-state index contributed by atoms with van der Waals surface area (Å²) in [6.45, 7) is 4.59. The average Bonchev–Trinajstić information content (AvgIpc) is 3.18. The number of unbranched alkanes of at least 4 members (excludes halogenated alkanes) is 19. The van der Waals surface area contributed by atoms with Crippen LogP contribution in [-0.4, -0.2) is 82.3 Å². The highest BCUT2D eigenvalue weighted by molar-refractivity contribution is 5.70. The summed E-state index contributed by atoms with van der Waals surface area (Å²) in [6, 6.07) is 0. The summed E-state index contributed by atoms with van der Waals surface area (Å²) in [6.07, 6.45) is 44.5. The predicted molar refractivity (Wildman–Crippen MR) is 237 cm³/mol. The van der Waals surface area contributed by atoms with Crippen molar-refractivity contribution < 1.29 is 42.9 Å². The van der Waals surface area contributed by atoms with E-state index in [1.165, 1.54) is 89.9 Å². The van der Waals surface area contributed by atoms with E-state index in [4.69, 9.17) is 18.9 Å². The van der Waals surface area contributed by atoms with Crippen molar-refractivity contribution >= 4 is 17.9 Å². The smallest absolute Gasteiger partial charge is 0.306 e. The molecule has 58 heavy (non-hydrogen) atoms. The number of carboxylic acids is 1. The van der Waals surface area contributed by atoms with E-state index in [9.17, 15) is 19.5 Å². The van der Waals surface area contributed by atoms with Gasteiger partial charge in [-0.1, -0.05) is 172 Å². The molecule has 0 aromatic carbocycles. The SMILES string of the molecule is CC/C=C\C/C=C\C/C=C\C/C=C\CCCCCCCCCCCCCCC(=O)OC(COC(=O)CCCCCCCCCC)COC(OCC[N+](C)(C)C)C(=O)[O-]. The maximum absolute atomic E-state index is 12.7. The highest BCUT2D eigenvalue weighted by atomic mass is 16.7. The van der Waals surface area contributed by atoms with Crippen LogP contribution in [0.1, 0.15) is 187 Å². The van der Waals surface area contributed by atoms with Gasteiger partial charge in [-0.15, -0.1) is 0 Å². The number of esters is 2. The number of hydrogen-bond acceptors (Lipinski definition) is 8. The maximum Gasteiger partial charge on any atom is 0.306 e. The second-order valence-corrected chi connectivity index (χ2v) is 16.7. The van der Waals surface area contributed by atoms with E-state index in [1.54, 1.807) is 0 Å². The van der Waals surface area contributed by atoms with Gasteiger partial charge in [0.1, 0.15) is 13.2 Å². The van der Waals surface area contributed by atoms with Crippen molar-refractivity contribution in [3.63, 3.8) is 0 Å². The molecule has 0 aromatic rings. The standard InChI is InChI=1S/C49H87NO8/c1-6-8-10-12-14-16-17-18-19-20-21-22-23-24-25-26-27-28-29-30-31-32-34-36-38-40-47(52)58-45(44-57-49(48(53)54)55-42-41-50(3,4)5)43-56-46(51)39-37-35-33-15-13-11-9-7-2/h8,10,14,16,18-19,21-22,45,49H,6-7,9,11-13,15,17,20,23-44H2,1-5H3/b10-8-,16-14-,19-18-,22-21-. The normalized spacial score (nSPS) is 13.3. The van der Waals surface area contributed by atoms with Crippen molar-refractivity contribution in [2.45, 2.75) is 200 Å². The molecule has 0 aliphatic carbocycles. The van der Waals surface area contributed by atoms with Gasteiger partial charge in [0.05, 0.1) is 40.3 Å². The number of quaternary nitrogens is 1. The monoisotopic (exact) mass is 818 g/mol. The zero-order chi connectivity index (χ0) is 42.8. The molecular formula is C49H87NO8. The Balaban J connectivity index is 4.22. The number of allylic oxidation sites excluding steroid dienone is 8. The first-order chi connectivity index (χ1) is 28.1. The molecule has 0 bridgehead atoms. The molecule has 0 radical (unpaired) electrons. The summed E-state index contributed by atoms with van der Waals surface area (Å²) in [5.41, 5.74) is 0. The van der Waals surface area contributed by atoms with Crippen LogP contribution in [0.25, 0.3) is 0 Å². The van der Waals surface area contributed by atoms with E-state index in [0.717, 1.165) is 64.2 Å².